The summed E-state index contributed by atoms with van der Waals surface area (Å²) in [5, 5.41) is 8.79. The fourth-order valence-corrected chi connectivity index (χ4v) is 3.25. The van der Waals surface area contributed by atoms with Gasteiger partial charge in [0, 0.05) is 24.0 Å². The van der Waals surface area contributed by atoms with Crippen LogP contribution in [0, 0.1) is 17.2 Å². The molecule has 3 rings (SSSR count). The van der Waals surface area contributed by atoms with Crippen LogP contribution < -0.4 is 10.6 Å². The van der Waals surface area contributed by atoms with Crippen molar-refractivity contribution in [2.45, 2.75) is 31.7 Å². The van der Waals surface area contributed by atoms with Crippen LogP contribution in [-0.2, 0) is 6.42 Å². The molecule has 3 heteroatoms. The van der Waals surface area contributed by atoms with Crippen molar-refractivity contribution in [3.63, 3.8) is 0 Å². The summed E-state index contributed by atoms with van der Waals surface area (Å²) in [7, 11) is 0. The topological polar surface area (TPSA) is 53.0 Å². The van der Waals surface area contributed by atoms with Crippen molar-refractivity contribution in [2.75, 3.05) is 17.2 Å². The summed E-state index contributed by atoms with van der Waals surface area (Å²) in [6.45, 7) is 1.18. The van der Waals surface area contributed by atoms with Crippen LogP contribution in [0.3, 0.4) is 0 Å². The van der Waals surface area contributed by atoms with E-state index in [-0.39, 0.29) is 0 Å². The highest BCUT2D eigenvalue weighted by molar-refractivity contribution is 5.60. The lowest BCUT2D eigenvalue weighted by atomic mass is 10.1. The molecule has 2 fully saturated rings. The quantitative estimate of drug-likeness (QED) is 0.789. The maximum absolute atomic E-state index is 8.79. The van der Waals surface area contributed by atoms with Gasteiger partial charge in [-0.2, -0.15) is 5.26 Å². The van der Waals surface area contributed by atoms with E-state index in [2.05, 4.69) is 23.1 Å². The third-order valence-corrected chi connectivity index (χ3v) is 4.14. The van der Waals surface area contributed by atoms with Crippen molar-refractivity contribution >= 4 is 11.4 Å². The van der Waals surface area contributed by atoms with E-state index in [9.17, 15) is 0 Å². The van der Waals surface area contributed by atoms with Gasteiger partial charge < -0.3 is 10.6 Å². The second-order valence-corrected chi connectivity index (χ2v) is 5.20. The smallest absolute Gasteiger partial charge is 0.0670 e. The highest BCUT2D eigenvalue weighted by Gasteiger charge is 2.37. The van der Waals surface area contributed by atoms with E-state index < -0.39 is 0 Å². The monoisotopic (exact) mass is 227 g/mol. The highest BCUT2D eigenvalue weighted by atomic mass is 15.2. The van der Waals surface area contributed by atoms with Crippen LogP contribution in [0.25, 0.3) is 0 Å². The van der Waals surface area contributed by atoms with E-state index >= 15 is 0 Å². The number of anilines is 2. The number of rotatable bonds is 2. The Morgan fingerprint density at radius 2 is 2.29 bits per heavy atom. The van der Waals surface area contributed by atoms with E-state index in [1.165, 1.54) is 31.5 Å². The van der Waals surface area contributed by atoms with Crippen molar-refractivity contribution in [3.8, 4) is 6.07 Å². The number of hydrogen-bond donors (Lipinski definition) is 1. The van der Waals surface area contributed by atoms with Crippen LogP contribution in [0.4, 0.5) is 11.4 Å². The molecule has 2 N–H and O–H groups in total. The summed E-state index contributed by atoms with van der Waals surface area (Å²) in [6, 6.07) is 9.03. The van der Waals surface area contributed by atoms with Gasteiger partial charge in [-0.25, -0.2) is 0 Å². The van der Waals surface area contributed by atoms with Gasteiger partial charge in [-0.1, -0.05) is 0 Å². The lowest BCUT2D eigenvalue weighted by Gasteiger charge is -2.29. The predicted molar refractivity (Wildman–Crippen MR) is 68.6 cm³/mol. The maximum Gasteiger partial charge on any atom is 0.0670 e. The third-order valence-electron chi connectivity index (χ3n) is 4.14. The molecule has 2 aliphatic rings. The molecule has 0 radical (unpaired) electrons. The molecule has 1 saturated heterocycles. The molecule has 0 spiro atoms. The van der Waals surface area contributed by atoms with E-state index in [0.717, 1.165) is 23.2 Å². The van der Waals surface area contributed by atoms with Crippen LogP contribution >= 0.6 is 0 Å². The van der Waals surface area contributed by atoms with Crippen LogP contribution in [0.15, 0.2) is 18.2 Å². The first-order valence-electron chi connectivity index (χ1n) is 6.30. The zero-order chi connectivity index (χ0) is 11.8. The van der Waals surface area contributed by atoms with Gasteiger partial charge in [0.05, 0.1) is 12.5 Å². The Kier molecular flexibility index (Phi) is 2.44. The van der Waals surface area contributed by atoms with Crippen LogP contribution in [0.5, 0.6) is 0 Å². The van der Waals surface area contributed by atoms with Crippen molar-refractivity contribution in [1.82, 2.24) is 0 Å². The Labute approximate surface area is 102 Å². The predicted octanol–water partition coefficient (Wildman–Crippen LogP) is 2.32. The van der Waals surface area contributed by atoms with Gasteiger partial charge in [0.1, 0.15) is 0 Å². The van der Waals surface area contributed by atoms with Gasteiger partial charge in [0.2, 0.25) is 0 Å². The molecule has 2 atom stereocenters. The minimum atomic E-state index is 0.404. The molecule has 0 aromatic heterocycles. The Hall–Kier alpha value is -1.69. The summed E-state index contributed by atoms with van der Waals surface area (Å²) < 4.78 is 0. The summed E-state index contributed by atoms with van der Waals surface area (Å²) >= 11 is 0. The van der Waals surface area contributed by atoms with Gasteiger partial charge in [-0.3, -0.25) is 0 Å². The van der Waals surface area contributed by atoms with E-state index in [1.54, 1.807) is 0 Å². The molecule has 1 aromatic rings. The molecule has 3 nitrogen and oxygen atoms in total. The first-order valence-corrected chi connectivity index (χ1v) is 6.30. The average Bonchev–Trinajstić information content (AvgIpc) is 2.94. The molecule has 1 aliphatic carbocycles. The van der Waals surface area contributed by atoms with Crippen molar-refractivity contribution in [3.05, 3.63) is 23.8 Å². The maximum atomic E-state index is 8.79. The molecule has 17 heavy (non-hydrogen) atoms. The van der Waals surface area contributed by atoms with Gasteiger partial charge >= 0.3 is 0 Å². The van der Waals surface area contributed by atoms with Crippen LogP contribution in [0.1, 0.15) is 24.8 Å². The fraction of sp³-hybridized carbons (Fsp3) is 0.500. The molecule has 88 valence electrons. The van der Waals surface area contributed by atoms with Gasteiger partial charge in [0.15, 0.2) is 0 Å². The van der Waals surface area contributed by atoms with E-state index in [4.69, 9.17) is 11.0 Å². The first-order chi connectivity index (χ1) is 8.28. The summed E-state index contributed by atoms with van der Waals surface area (Å²) in [5.74, 6) is 0.886. The van der Waals surface area contributed by atoms with Gasteiger partial charge in [0.25, 0.3) is 0 Å². The summed E-state index contributed by atoms with van der Waals surface area (Å²) in [5.41, 5.74) is 8.83. The number of nitrogen functional groups attached to an aromatic ring is 1. The third kappa shape index (κ3) is 1.74. The number of fused-ring (bicyclic) bond motifs is 2. The van der Waals surface area contributed by atoms with E-state index in [0.29, 0.717) is 6.42 Å². The zero-order valence-electron chi connectivity index (χ0n) is 9.89. The Morgan fingerprint density at radius 3 is 2.94 bits per heavy atom. The molecular weight excluding hydrogens is 210 g/mol. The summed E-state index contributed by atoms with van der Waals surface area (Å²) in [6.07, 6.45) is 4.46. The molecule has 1 aromatic carbocycles. The molecule has 1 heterocycles. The summed E-state index contributed by atoms with van der Waals surface area (Å²) in [4.78, 5) is 2.49. The molecule has 2 unspecified atom stereocenters. The molecule has 1 aliphatic heterocycles. The second-order valence-electron chi connectivity index (χ2n) is 5.20. The first kappa shape index (κ1) is 10.5. The van der Waals surface area contributed by atoms with Crippen molar-refractivity contribution in [1.29, 1.82) is 5.26 Å². The van der Waals surface area contributed by atoms with Gasteiger partial charge in [-0.05, 0) is 48.9 Å². The van der Waals surface area contributed by atoms with Crippen molar-refractivity contribution < 1.29 is 0 Å². The number of nitrogens with zero attached hydrogens (tertiary/aromatic N) is 2. The number of hydrogen-bond acceptors (Lipinski definition) is 3. The number of piperidine rings is 1. The molecular formula is C14H17N3. The standard InChI is InChI=1S/C14H17N3/c15-6-5-11-8-13(3-4-14(11)16)17-9-10-1-2-12(17)7-10/h3-4,8,10,12H,1-2,5,7,9,16H2. The van der Waals surface area contributed by atoms with Crippen molar-refractivity contribution in [2.24, 2.45) is 5.92 Å². The molecule has 1 saturated carbocycles. The molecule has 2 bridgehead atoms. The normalized spacial score (nSPS) is 26.2. The lowest BCUT2D eigenvalue weighted by Crippen LogP contribution is -2.31. The molecule has 0 amide bonds. The zero-order valence-corrected chi connectivity index (χ0v) is 9.89. The Bertz CT molecular complexity index is 475. The SMILES string of the molecule is N#CCc1cc(N2CC3CCC2C3)ccc1N. The highest BCUT2D eigenvalue weighted by Crippen LogP contribution is 2.40. The van der Waals surface area contributed by atoms with Crippen LogP contribution in [-0.4, -0.2) is 12.6 Å². The lowest BCUT2D eigenvalue weighted by molar-refractivity contribution is 0.553. The Morgan fingerprint density at radius 1 is 1.41 bits per heavy atom. The largest absolute Gasteiger partial charge is 0.398 e. The van der Waals surface area contributed by atoms with Gasteiger partial charge in [-0.15, -0.1) is 0 Å². The second kappa shape index (κ2) is 3.96. The number of benzene rings is 1. The minimum Gasteiger partial charge on any atom is -0.398 e. The Balaban J connectivity index is 1.89. The number of nitriles is 1. The van der Waals surface area contributed by atoms with E-state index in [1.807, 2.05) is 6.07 Å². The van der Waals surface area contributed by atoms with Crippen LogP contribution in [0.2, 0.25) is 0 Å². The fourth-order valence-electron chi connectivity index (χ4n) is 3.25. The average molecular weight is 227 g/mol. The minimum absolute atomic E-state index is 0.404. The number of nitrogens with two attached hydrogens (primary N) is 1.